The summed E-state index contributed by atoms with van der Waals surface area (Å²) in [5.41, 5.74) is 0.0653. The van der Waals surface area contributed by atoms with E-state index in [1.54, 1.807) is 0 Å². The molecule has 2 rings (SSSR count). The number of ether oxygens (including phenoxy) is 1. The van der Waals surface area contributed by atoms with E-state index in [0.29, 0.717) is 0 Å². The second-order valence-corrected chi connectivity index (χ2v) is 6.37. The van der Waals surface area contributed by atoms with Crippen LogP contribution in [0.1, 0.15) is 59.3 Å². The van der Waals surface area contributed by atoms with Gasteiger partial charge in [-0.25, -0.2) is 0 Å². The lowest BCUT2D eigenvalue weighted by molar-refractivity contribution is -0.156. The molecule has 3 nitrogen and oxygen atoms in total. The second-order valence-electron chi connectivity index (χ2n) is 6.37. The van der Waals surface area contributed by atoms with Gasteiger partial charge in [0.05, 0.1) is 0 Å². The molecule has 1 heterocycles. The van der Waals surface area contributed by atoms with Crippen molar-refractivity contribution in [1.82, 2.24) is 4.90 Å². The Balaban J connectivity index is 1.93. The zero-order valence-corrected chi connectivity index (χ0v) is 11.4. The first-order valence-corrected chi connectivity index (χ1v) is 6.96. The van der Waals surface area contributed by atoms with E-state index in [1.807, 2.05) is 0 Å². The third-order valence-corrected chi connectivity index (χ3v) is 3.97. The summed E-state index contributed by atoms with van der Waals surface area (Å²) in [7, 11) is 0. The highest BCUT2D eigenvalue weighted by Gasteiger charge is 2.39. The van der Waals surface area contributed by atoms with E-state index in [2.05, 4.69) is 25.7 Å². The van der Waals surface area contributed by atoms with Crippen molar-refractivity contribution in [3.8, 4) is 0 Å². The average Bonchev–Trinajstić information content (AvgIpc) is 2.85. The van der Waals surface area contributed by atoms with Gasteiger partial charge >= 0.3 is 5.97 Å². The van der Waals surface area contributed by atoms with Gasteiger partial charge < -0.3 is 4.74 Å². The molecule has 2 fully saturated rings. The van der Waals surface area contributed by atoms with E-state index >= 15 is 0 Å². The van der Waals surface area contributed by atoms with Crippen molar-refractivity contribution in [1.29, 1.82) is 0 Å². The van der Waals surface area contributed by atoms with Crippen molar-refractivity contribution in [2.45, 2.75) is 77.0 Å². The minimum atomic E-state index is -0.00407. The third-order valence-electron chi connectivity index (χ3n) is 3.97. The lowest BCUT2D eigenvalue weighted by atomic mass is 10.0. The molecule has 1 saturated heterocycles. The lowest BCUT2D eigenvalue weighted by Crippen LogP contribution is -2.48. The Bertz CT molecular complexity index is 276. The Morgan fingerprint density at radius 1 is 1.12 bits per heavy atom. The first-order chi connectivity index (χ1) is 7.98. The van der Waals surface area contributed by atoms with Crippen LogP contribution in [0.4, 0.5) is 0 Å². The summed E-state index contributed by atoms with van der Waals surface area (Å²) < 4.78 is 5.64. The molecular formula is C14H25NO2. The van der Waals surface area contributed by atoms with Gasteiger partial charge in [0, 0.05) is 5.54 Å². The van der Waals surface area contributed by atoms with Crippen LogP contribution in [-0.2, 0) is 9.53 Å². The van der Waals surface area contributed by atoms with E-state index in [4.69, 9.17) is 4.74 Å². The molecule has 17 heavy (non-hydrogen) atoms. The average molecular weight is 239 g/mol. The van der Waals surface area contributed by atoms with Gasteiger partial charge in [-0.2, -0.15) is 0 Å². The maximum Gasteiger partial charge on any atom is 0.323 e. The SMILES string of the molecule is CC(C)(C)N1CCCC1C(=O)OC1CCCC1. The van der Waals surface area contributed by atoms with Crippen LogP contribution in [-0.4, -0.2) is 35.1 Å². The summed E-state index contributed by atoms with van der Waals surface area (Å²) >= 11 is 0. The summed E-state index contributed by atoms with van der Waals surface area (Å²) in [6.45, 7) is 7.55. The van der Waals surface area contributed by atoms with E-state index in [9.17, 15) is 4.79 Å². The Kier molecular flexibility index (Phi) is 3.76. The van der Waals surface area contributed by atoms with Crippen molar-refractivity contribution < 1.29 is 9.53 Å². The van der Waals surface area contributed by atoms with E-state index in [-0.39, 0.29) is 23.7 Å². The molecular weight excluding hydrogens is 214 g/mol. The Morgan fingerprint density at radius 2 is 1.76 bits per heavy atom. The molecule has 0 aromatic carbocycles. The normalized spacial score (nSPS) is 27.6. The zero-order valence-electron chi connectivity index (χ0n) is 11.4. The molecule has 0 N–H and O–H groups in total. The van der Waals surface area contributed by atoms with Crippen molar-refractivity contribution in [3.05, 3.63) is 0 Å². The van der Waals surface area contributed by atoms with Gasteiger partial charge in [-0.1, -0.05) is 0 Å². The molecule has 2 aliphatic rings. The van der Waals surface area contributed by atoms with Gasteiger partial charge in [0.1, 0.15) is 12.1 Å². The van der Waals surface area contributed by atoms with Gasteiger partial charge in [-0.3, -0.25) is 9.69 Å². The fourth-order valence-corrected chi connectivity index (χ4v) is 3.06. The summed E-state index contributed by atoms with van der Waals surface area (Å²) in [6.07, 6.45) is 6.83. The first-order valence-electron chi connectivity index (χ1n) is 6.96. The summed E-state index contributed by atoms with van der Waals surface area (Å²) in [5, 5.41) is 0. The largest absolute Gasteiger partial charge is 0.461 e. The van der Waals surface area contributed by atoms with Crippen LogP contribution in [0, 0.1) is 0 Å². The number of carbonyl (C=O) groups excluding carboxylic acids is 1. The molecule has 1 saturated carbocycles. The van der Waals surface area contributed by atoms with Gasteiger partial charge in [0.25, 0.3) is 0 Å². The van der Waals surface area contributed by atoms with Crippen molar-refractivity contribution in [2.24, 2.45) is 0 Å². The van der Waals surface area contributed by atoms with E-state index in [0.717, 1.165) is 32.2 Å². The molecule has 1 unspecified atom stereocenters. The molecule has 1 aliphatic heterocycles. The Labute approximate surface area is 105 Å². The summed E-state index contributed by atoms with van der Waals surface area (Å²) in [6, 6.07) is -0.00407. The fourth-order valence-electron chi connectivity index (χ4n) is 3.06. The smallest absolute Gasteiger partial charge is 0.323 e. The van der Waals surface area contributed by atoms with Gasteiger partial charge in [-0.15, -0.1) is 0 Å². The van der Waals surface area contributed by atoms with Crippen LogP contribution in [0.3, 0.4) is 0 Å². The van der Waals surface area contributed by atoms with Crippen molar-refractivity contribution in [2.75, 3.05) is 6.54 Å². The number of hydrogen-bond acceptors (Lipinski definition) is 3. The maximum absolute atomic E-state index is 12.2. The summed E-state index contributed by atoms with van der Waals surface area (Å²) in [4.78, 5) is 14.5. The van der Waals surface area contributed by atoms with Crippen molar-refractivity contribution >= 4 is 5.97 Å². The number of rotatable bonds is 2. The van der Waals surface area contributed by atoms with Crippen molar-refractivity contribution in [3.63, 3.8) is 0 Å². The van der Waals surface area contributed by atoms with Crippen LogP contribution in [0.15, 0.2) is 0 Å². The molecule has 0 aromatic rings. The summed E-state index contributed by atoms with van der Waals surface area (Å²) in [5.74, 6) is 0.0179. The van der Waals surface area contributed by atoms with Crippen LogP contribution in [0.2, 0.25) is 0 Å². The topological polar surface area (TPSA) is 29.5 Å². The molecule has 0 amide bonds. The van der Waals surface area contributed by atoms with Crippen LogP contribution < -0.4 is 0 Å². The maximum atomic E-state index is 12.2. The molecule has 0 spiro atoms. The molecule has 1 aliphatic carbocycles. The molecule has 1 atom stereocenters. The Hall–Kier alpha value is -0.570. The van der Waals surface area contributed by atoms with Crippen LogP contribution >= 0.6 is 0 Å². The zero-order chi connectivity index (χ0) is 12.5. The van der Waals surface area contributed by atoms with Gasteiger partial charge in [0.15, 0.2) is 0 Å². The quantitative estimate of drug-likeness (QED) is 0.694. The van der Waals surface area contributed by atoms with E-state index < -0.39 is 0 Å². The molecule has 0 radical (unpaired) electrons. The standard InChI is InChI=1S/C14H25NO2/c1-14(2,3)15-10-6-9-12(15)13(16)17-11-7-4-5-8-11/h11-12H,4-10H2,1-3H3. The van der Waals surface area contributed by atoms with E-state index in [1.165, 1.54) is 12.8 Å². The Morgan fingerprint density at radius 3 is 2.35 bits per heavy atom. The van der Waals surface area contributed by atoms with Gasteiger partial charge in [0.2, 0.25) is 0 Å². The highest BCUT2D eigenvalue weighted by Crippen LogP contribution is 2.29. The molecule has 0 aromatic heterocycles. The number of carbonyl (C=O) groups is 1. The predicted molar refractivity (Wildman–Crippen MR) is 67.8 cm³/mol. The highest BCUT2D eigenvalue weighted by atomic mass is 16.5. The number of esters is 1. The molecule has 0 bridgehead atoms. The predicted octanol–water partition coefficient (Wildman–Crippen LogP) is 2.74. The van der Waals surface area contributed by atoms with Gasteiger partial charge in [-0.05, 0) is 65.8 Å². The number of likely N-dealkylation sites (tertiary alicyclic amines) is 1. The minimum Gasteiger partial charge on any atom is -0.461 e. The lowest BCUT2D eigenvalue weighted by Gasteiger charge is -2.36. The molecule has 98 valence electrons. The van der Waals surface area contributed by atoms with Crippen LogP contribution in [0.5, 0.6) is 0 Å². The molecule has 3 heteroatoms. The fraction of sp³-hybridized carbons (Fsp3) is 0.929. The number of hydrogen-bond donors (Lipinski definition) is 0. The third kappa shape index (κ3) is 3.01. The van der Waals surface area contributed by atoms with Crippen LogP contribution in [0.25, 0.3) is 0 Å². The second kappa shape index (κ2) is 4.97. The first kappa shape index (κ1) is 12.9. The highest BCUT2D eigenvalue weighted by molar-refractivity contribution is 5.76. The minimum absolute atomic E-state index is 0.00407. The number of nitrogens with zero attached hydrogens (tertiary/aromatic N) is 1. The monoisotopic (exact) mass is 239 g/mol.